The molecule has 0 spiro atoms. The maximum absolute atomic E-state index is 5.43. The van der Waals surface area contributed by atoms with Crippen molar-refractivity contribution in [2.75, 3.05) is 14.2 Å². The SMILES string of the molecule is CCCC(NC)C(CCC)OC. The van der Waals surface area contributed by atoms with Gasteiger partial charge in [-0.25, -0.2) is 0 Å². The van der Waals surface area contributed by atoms with Gasteiger partial charge in [-0.3, -0.25) is 0 Å². The van der Waals surface area contributed by atoms with Crippen molar-refractivity contribution in [1.29, 1.82) is 0 Å². The monoisotopic (exact) mass is 173 g/mol. The molecule has 0 saturated carbocycles. The van der Waals surface area contributed by atoms with Gasteiger partial charge in [0.1, 0.15) is 0 Å². The van der Waals surface area contributed by atoms with E-state index >= 15 is 0 Å². The number of likely N-dealkylation sites (N-methyl/N-ethyl adjacent to an activating group) is 1. The Balaban J connectivity index is 3.84. The summed E-state index contributed by atoms with van der Waals surface area (Å²) in [6, 6.07) is 0.528. The largest absolute Gasteiger partial charge is 0.380 e. The molecular weight excluding hydrogens is 150 g/mol. The van der Waals surface area contributed by atoms with Crippen molar-refractivity contribution in [2.45, 2.75) is 51.7 Å². The first-order valence-corrected chi connectivity index (χ1v) is 5.00. The Morgan fingerprint density at radius 1 is 1.17 bits per heavy atom. The highest BCUT2D eigenvalue weighted by Gasteiger charge is 2.16. The van der Waals surface area contributed by atoms with E-state index in [2.05, 4.69) is 19.2 Å². The van der Waals surface area contributed by atoms with Crippen molar-refractivity contribution in [3.05, 3.63) is 0 Å². The first-order valence-electron chi connectivity index (χ1n) is 5.00. The second-order valence-corrected chi connectivity index (χ2v) is 3.25. The molecule has 0 aromatic heterocycles. The Bertz CT molecular complexity index is 83.8. The number of hydrogen-bond acceptors (Lipinski definition) is 2. The molecule has 1 N–H and O–H groups in total. The van der Waals surface area contributed by atoms with Gasteiger partial charge < -0.3 is 10.1 Å². The van der Waals surface area contributed by atoms with Gasteiger partial charge in [-0.2, -0.15) is 0 Å². The lowest BCUT2D eigenvalue weighted by molar-refractivity contribution is 0.0603. The van der Waals surface area contributed by atoms with Gasteiger partial charge in [0, 0.05) is 13.2 Å². The minimum atomic E-state index is 0.389. The van der Waals surface area contributed by atoms with E-state index < -0.39 is 0 Å². The molecule has 0 aliphatic heterocycles. The van der Waals surface area contributed by atoms with E-state index in [4.69, 9.17) is 4.74 Å². The van der Waals surface area contributed by atoms with Gasteiger partial charge in [-0.05, 0) is 19.9 Å². The van der Waals surface area contributed by atoms with Crippen LogP contribution in [-0.4, -0.2) is 26.3 Å². The fourth-order valence-electron chi connectivity index (χ4n) is 1.59. The highest BCUT2D eigenvalue weighted by atomic mass is 16.5. The highest BCUT2D eigenvalue weighted by Crippen LogP contribution is 2.10. The van der Waals surface area contributed by atoms with Crippen LogP contribution < -0.4 is 5.32 Å². The van der Waals surface area contributed by atoms with Crippen LogP contribution in [0.2, 0.25) is 0 Å². The molecular formula is C10H23NO. The number of ether oxygens (including phenoxy) is 1. The average molecular weight is 173 g/mol. The zero-order valence-electron chi connectivity index (χ0n) is 8.89. The Labute approximate surface area is 76.7 Å². The summed E-state index contributed by atoms with van der Waals surface area (Å²) >= 11 is 0. The van der Waals surface area contributed by atoms with Gasteiger partial charge in [0.15, 0.2) is 0 Å². The molecule has 2 heteroatoms. The molecule has 0 radical (unpaired) electrons. The third-order valence-electron chi connectivity index (χ3n) is 2.30. The van der Waals surface area contributed by atoms with Crippen molar-refractivity contribution < 1.29 is 4.74 Å². The molecule has 0 aliphatic carbocycles. The second-order valence-electron chi connectivity index (χ2n) is 3.25. The van der Waals surface area contributed by atoms with E-state index in [0.717, 1.165) is 6.42 Å². The quantitative estimate of drug-likeness (QED) is 0.637. The zero-order valence-corrected chi connectivity index (χ0v) is 8.89. The van der Waals surface area contributed by atoms with Crippen molar-refractivity contribution in [1.82, 2.24) is 5.32 Å². The van der Waals surface area contributed by atoms with Crippen LogP contribution in [0.5, 0.6) is 0 Å². The molecule has 74 valence electrons. The van der Waals surface area contributed by atoms with E-state index in [0.29, 0.717) is 12.1 Å². The van der Waals surface area contributed by atoms with Gasteiger partial charge in [-0.15, -0.1) is 0 Å². The molecule has 0 aromatic carbocycles. The minimum absolute atomic E-state index is 0.389. The predicted octanol–water partition coefficient (Wildman–Crippen LogP) is 2.19. The molecule has 0 amide bonds. The Morgan fingerprint density at radius 3 is 2.08 bits per heavy atom. The van der Waals surface area contributed by atoms with Gasteiger partial charge in [0.05, 0.1) is 6.10 Å². The molecule has 2 unspecified atom stereocenters. The highest BCUT2D eigenvalue weighted by molar-refractivity contribution is 4.74. The Morgan fingerprint density at radius 2 is 1.75 bits per heavy atom. The molecule has 0 aliphatic rings. The lowest BCUT2D eigenvalue weighted by atomic mass is 10.0. The van der Waals surface area contributed by atoms with Crippen LogP contribution in [-0.2, 0) is 4.74 Å². The van der Waals surface area contributed by atoms with Crippen LogP contribution in [0, 0.1) is 0 Å². The first-order chi connectivity index (χ1) is 5.79. The predicted molar refractivity (Wildman–Crippen MR) is 53.5 cm³/mol. The standard InChI is InChI=1S/C10H23NO/c1-5-7-9(11-3)10(12-4)8-6-2/h9-11H,5-8H2,1-4H3. The van der Waals surface area contributed by atoms with E-state index in [1.807, 2.05) is 7.05 Å². The van der Waals surface area contributed by atoms with Gasteiger partial charge in [0.2, 0.25) is 0 Å². The van der Waals surface area contributed by atoms with E-state index in [1.165, 1.54) is 19.3 Å². The summed E-state index contributed by atoms with van der Waals surface area (Å²) in [6.07, 6.45) is 5.16. The van der Waals surface area contributed by atoms with E-state index in [1.54, 1.807) is 7.11 Å². The van der Waals surface area contributed by atoms with Gasteiger partial charge in [0.25, 0.3) is 0 Å². The molecule has 0 fully saturated rings. The third kappa shape index (κ3) is 4.07. The number of hydrogen-bond donors (Lipinski definition) is 1. The van der Waals surface area contributed by atoms with E-state index in [-0.39, 0.29) is 0 Å². The number of rotatable bonds is 7. The number of nitrogens with one attached hydrogen (secondary N) is 1. The summed E-state index contributed by atoms with van der Waals surface area (Å²) in [4.78, 5) is 0. The average Bonchev–Trinajstić information content (AvgIpc) is 2.11. The molecule has 0 heterocycles. The Kier molecular flexibility index (Phi) is 7.51. The summed E-state index contributed by atoms with van der Waals surface area (Å²) in [5.74, 6) is 0. The summed E-state index contributed by atoms with van der Waals surface area (Å²) in [5, 5.41) is 3.31. The first kappa shape index (κ1) is 11.9. The van der Waals surface area contributed by atoms with Crippen LogP contribution in [0.25, 0.3) is 0 Å². The van der Waals surface area contributed by atoms with Crippen LogP contribution in [0.3, 0.4) is 0 Å². The second kappa shape index (κ2) is 7.56. The molecule has 0 rings (SSSR count). The lowest BCUT2D eigenvalue weighted by Gasteiger charge is -2.24. The van der Waals surface area contributed by atoms with Crippen molar-refractivity contribution in [2.24, 2.45) is 0 Å². The summed E-state index contributed by atoms with van der Waals surface area (Å²) in [5.41, 5.74) is 0. The molecule has 0 saturated heterocycles. The molecule has 2 atom stereocenters. The maximum Gasteiger partial charge on any atom is 0.0724 e. The van der Waals surface area contributed by atoms with Crippen LogP contribution >= 0.6 is 0 Å². The van der Waals surface area contributed by atoms with E-state index in [9.17, 15) is 0 Å². The topological polar surface area (TPSA) is 21.3 Å². The van der Waals surface area contributed by atoms with Crippen molar-refractivity contribution >= 4 is 0 Å². The number of methoxy groups -OCH3 is 1. The molecule has 0 bridgehead atoms. The maximum atomic E-state index is 5.43. The summed E-state index contributed by atoms with van der Waals surface area (Å²) in [7, 11) is 3.82. The third-order valence-corrected chi connectivity index (χ3v) is 2.30. The van der Waals surface area contributed by atoms with Crippen LogP contribution in [0.4, 0.5) is 0 Å². The fraction of sp³-hybridized carbons (Fsp3) is 1.00. The van der Waals surface area contributed by atoms with Gasteiger partial charge >= 0.3 is 0 Å². The van der Waals surface area contributed by atoms with Crippen molar-refractivity contribution in [3.8, 4) is 0 Å². The minimum Gasteiger partial charge on any atom is -0.380 e. The van der Waals surface area contributed by atoms with Crippen LogP contribution in [0.15, 0.2) is 0 Å². The van der Waals surface area contributed by atoms with Gasteiger partial charge in [-0.1, -0.05) is 26.7 Å². The lowest BCUT2D eigenvalue weighted by Crippen LogP contribution is -2.38. The summed E-state index contributed by atoms with van der Waals surface area (Å²) < 4.78 is 5.43. The van der Waals surface area contributed by atoms with Crippen LogP contribution in [0.1, 0.15) is 39.5 Å². The fourth-order valence-corrected chi connectivity index (χ4v) is 1.59. The van der Waals surface area contributed by atoms with Crippen molar-refractivity contribution in [3.63, 3.8) is 0 Å². The summed E-state index contributed by atoms with van der Waals surface area (Å²) in [6.45, 7) is 4.41. The Hall–Kier alpha value is -0.0800. The normalized spacial score (nSPS) is 16.0. The molecule has 2 nitrogen and oxygen atoms in total. The molecule has 0 aromatic rings. The molecule has 12 heavy (non-hydrogen) atoms. The zero-order chi connectivity index (χ0) is 9.40. The smallest absolute Gasteiger partial charge is 0.0724 e.